The molecular weight excluding hydrogens is 594 g/mol. The van der Waals surface area contributed by atoms with Crippen molar-refractivity contribution in [2.45, 2.75) is 22.2 Å². The van der Waals surface area contributed by atoms with E-state index in [0.717, 1.165) is 51.3 Å². The minimum absolute atomic E-state index is 0.0234. The van der Waals surface area contributed by atoms with Crippen molar-refractivity contribution in [3.05, 3.63) is 38.3 Å². The van der Waals surface area contributed by atoms with Crippen LogP contribution in [-0.2, 0) is 19.2 Å². The van der Waals surface area contributed by atoms with Gasteiger partial charge in [-0.3, -0.25) is 23.7 Å². The highest BCUT2D eigenvalue weighted by Gasteiger charge is 2.54. The largest absolute Gasteiger partial charge is 0.477 e. The molecule has 38 heavy (non-hydrogen) atoms. The van der Waals surface area contributed by atoms with Gasteiger partial charge in [0.25, 0.3) is 17.4 Å². The highest BCUT2D eigenvalue weighted by atomic mass is 32.2. The fourth-order valence-electron chi connectivity index (χ4n) is 3.42. The number of nitrogens with one attached hydrogen (secondary N) is 2. The van der Waals surface area contributed by atoms with E-state index < -0.39 is 58.6 Å². The van der Waals surface area contributed by atoms with Gasteiger partial charge in [-0.1, -0.05) is 16.7 Å². The van der Waals surface area contributed by atoms with Crippen LogP contribution in [0.3, 0.4) is 0 Å². The number of alkyl halides is 2. The predicted octanol–water partition coefficient (Wildman–Crippen LogP) is 0.647. The average Bonchev–Trinajstić information content (AvgIpc) is 3.45. The fraction of sp³-hybridized carbons (Fsp3) is 0.278. The van der Waals surface area contributed by atoms with Crippen molar-refractivity contribution in [3.63, 3.8) is 0 Å². The second-order valence-electron chi connectivity index (χ2n) is 7.28. The first-order valence-corrected chi connectivity index (χ1v) is 13.7. The van der Waals surface area contributed by atoms with Crippen LogP contribution in [0.5, 0.6) is 0 Å². The van der Waals surface area contributed by atoms with E-state index in [4.69, 9.17) is 5.73 Å². The van der Waals surface area contributed by atoms with Crippen molar-refractivity contribution in [3.8, 4) is 0 Å². The van der Waals surface area contributed by atoms with Crippen molar-refractivity contribution in [1.29, 1.82) is 0 Å². The summed E-state index contributed by atoms with van der Waals surface area (Å²) in [7, 11) is 0. The van der Waals surface area contributed by atoms with Crippen LogP contribution in [0, 0.1) is 0 Å². The average molecular weight is 609 g/mol. The van der Waals surface area contributed by atoms with Gasteiger partial charge in [0, 0.05) is 16.9 Å². The number of hydrogen-bond donors (Lipinski definition) is 5. The Morgan fingerprint density at radius 2 is 2.08 bits per heavy atom. The Balaban J connectivity index is 1.51. The number of amides is 2. The maximum absolute atomic E-state index is 12.9. The number of carbonyl (C=O) groups is 4. The number of hydrogen-bond acceptors (Lipinski definition) is 13. The van der Waals surface area contributed by atoms with E-state index in [1.165, 1.54) is 5.38 Å². The topological polar surface area (TPSA) is 217 Å². The Bertz CT molecular complexity index is 1440. The maximum Gasteiger partial charge on any atom is 0.407 e. The van der Waals surface area contributed by atoms with Crippen LogP contribution in [0.1, 0.15) is 16.1 Å². The number of thioether (sulfide) groups is 2. The molecule has 2 amide bonds. The number of carboxylic acids is 2. The zero-order valence-electron chi connectivity index (χ0n) is 18.4. The number of rotatable bonds is 10. The van der Waals surface area contributed by atoms with Gasteiger partial charge < -0.3 is 26.1 Å². The number of fused-ring (bicyclic) bond motifs is 1. The third-order valence-corrected chi connectivity index (χ3v) is 9.25. The van der Waals surface area contributed by atoms with Crippen LogP contribution in [0.15, 0.2) is 30.8 Å². The first-order valence-electron chi connectivity index (χ1n) is 10.0. The molecule has 0 spiro atoms. The van der Waals surface area contributed by atoms with Gasteiger partial charge in [-0.2, -0.15) is 8.78 Å². The lowest BCUT2D eigenvalue weighted by Gasteiger charge is -2.49. The van der Waals surface area contributed by atoms with Gasteiger partial charge in [0.05, 0.1) is 4.21 Å². The molecule has 1 unspecified atom stereocenters. The SMILES string of the molecule is Nc1nc(C(=NOC(F)F)C(=O)NC2C(=O)N3C(C(=O)O)=C(CSc4s[nH]c(=O)c4C(=O)O)CS[C@@H]23)cs1. The van der Waals surface area contributed by atoms with Gasteiger partial charge in [-0.05, 0) is 5.57 Å². The van der Waals surface area contributed by atoms with Crippen LogP contribution in [0.4, 0.5) is 13.9 Å². The standard InChI is InChI=1S/C18H14F2N6O8S4/c19-17(20)34-24-7(5-3-37-18(21)22-5)11(28)23-8-12(29)26-9(15(32)33)4(1-35-13(8)26)2-36-16-6(14(30)31)10(27)25-38-16/h3,8,13,17H,1-2H2,(H2,21,22)(H,23,28)(H,25,27)(H,30,31)(H,32,33)/t8?,13-/m0/s1. The predicted molar refractivity (Wildman–Crippen MR) is 132 cm³/mol. The minimum atomic E-state index is -3.33. The van der Waals surface area contributed by atoms with E-state index in [0.29, 0.717) is 5.57 Å². The van der Waals surface area contributed by atoms with Crippen LogP contribution in [0.25, 0.3) is 0 Å². The number of thiazole rings is 1. The zero-order chi connectivity index (χ0) is 27.7. The summed E-state index contributed by atoms with van der Waals surface area (Å²) in [4.78, 5) is 69.4. The van der Waals surface area contributed by atoms with E-state index in [-0.39, 0.29) is 32.2 Å². The summed E-state index contributed by atoms with van der Waals surface area (Å²) >= 11 is 3.76. The second kappa shape index (κ2) is 11.1. The number of nitrogens with zero attached hydrogens (tertiary/aromatic N) is 3. The van der Waals surface area contributed by atoms with E-state index in [2.05, 4.69) is 24.7 Å². The Hall–Kier alpha value is -3.49. The molecule has 0 radical (unpaired) electrons. The number of halogens is 2. The highest BCUT2D eigenvalue weighted by Crippen LogP contribution is 2.42. The molecule has 2 atom stereocenters. The number of aliphatic carboxylic acids is 1. The number of β-lactam (4-membered cyclic amide) rings is 1. The third kappa shape index (κ3) is 5.37. The molecular formula is C18H14F2N6O8S4. The summed E-state index contributed by atoms with van der Waals surface area (Å²) in [6, 6.07) is -1.21. The van der Waals surface area contributed by atoms with Crippen LogP contribution in [-0.4, -0.2) is 83.5 Å². The Kier molecular flexibility index (Phi) is 8.04. The number of nitrogens with two attached hydrogens (primary N) is 1. The van der Waals surface area contributed by atoms with E-state index in [1.807, 2.05) is 0 Å². The Morgan fingerprint density at radius 1 is 1.34 bits per heavy atom. The second-order valence-corrected chi connectivity index (χ2v) is 11.3. The van der Waals surface area contributed by atoms with Crippen LogP contribution in [0.2, 0.25) is 0 Å². The first-order chi connectivity index (χ1) is 18.0. The minimum Gasteiger partial charge on any atom is -0.477 e. The molecule has 4 rings (SSSR count). The smallest absolute Gasteiger partial charge is 0.407 e. The zero-order valence-corrected chi connectivity index (χ0v) is 21.6. The van der Waals surface area contributed by atoms with Gasteiger partial charge in [-0.25, -0.2) is 14.6 Å². The Morgan fingerprint density at radius 3 is 2.68 bits per heavy atom. The summed E-state index contributed by atoms with van der Waals surface area (Å²) in [5, 5.41) is 24.9. The van der Waals surface area contributed by atoms with Gasteiger partial charge in [0.1, 0.15) is 22.8 Å². The number of aromatic nitrogens is 2. The number of aromatic carboxylic acids is 1. The van der Waals surface area contributed by atoms with Gasteiger partial charge in [-0.15, -0.1) is 34.9 Å². The first kappa shape index (κ1) is 27.5. The summed E-state index contributed by atoms with van der Waals surface area (Å²) in [5.41, 5.74) is 3.42. The molecule has 1 saturated heterocycles. The molecule has 20 heteroatoms. The monoisotopic (exact) mass is 608 g/mol. The molecule has 4 heterocycles. The number of oxime groups is 1. The molecule has 0 saturated carbocycles. The van der Waals surface area contributed by atoms with Crippen LogP contribution < -0.4 is 16.6 Å². The molecule has 202 valence electrons. The van der Waals surface area contributed by atoms with Crippen LogP contribution >= 0.6 is 46.4 Å². The molecule has 2 aliphatic rings. The normalized spacial score (nSPS) is 19.3. The van der Waals surface area contributed by atoms with Gasteiger partial charge in [0.15, 0.2) is 16.4 Å². The quantitative estimate of drug-likeness (QED) is 0.109. The van der Waals surface area contributed by atoms with Crippen molar-refractivity contribution >= 4 is 81.0 Å². The maximum atomic E-state index is 12.9. The summed E-state index contributed by atoms with van der Waals surface area (Å²) in [5.74, 6) is -4.62. The van der Waals surface area contributed by atoms with E-state index in [1.54, 1.807) is 0 Å². The lowest BCUT2D eigenvalue weighted by Crippen LogP contribution is -2.71. The van der Waals surface area contributed by atoms with Crippen molar-refractivity contribution in [1.82, 2.24) is 19.6 Å². The van der Waals surface area contributed by atoms with Gasteiger partial charge in [0.2, 0.25) is 0 Å². The molecule has 6 N–H and O–H groups in total. The molecule has 14 nitrogen and oxygen atoms in total. The number of carbonyl (C=O) groups excluding carboxylic acids is 2. The van der Waals surface area contributed by atoms with Crippen molar-refractivity contribution in [2.24, 2.45) is 5.16 Å². The molecule has 2 aliphatic heterocycles. The van der Waals surface area contributed by atoms with E-state index >= 15 is 0 Å². The number of anilines is 1. The molecule has 0 aliphatic carbocycles. The molecule has 2 aromatic rings. The Labute approximate surface area is 226 Å². The van der Waals surface area contributed by atoms with Crippen molar-refractivity contribution < 1.29 is 43.0 Å². The third-order valence-electron chi connectivity index (χ3n) is 5.00. The number of aromatic amines is 1. The number of H-pyrrole nitrogens is 1. The fourth-order valence-corrected chi connectivity index (χ4v) is 7.42. The van der Waals surface area contributed by atoms with Gasteiger partial charge >= 0.3 is 18.6 Å². The summed E-state index contributed by atoms with van der Waals surface area (Å²) in [6.07, 6.45) is 0. The van der Waals surface area contributed by atoms with E-state index in [9.17, 15) is 43.0 Å². The molecule has 2 aromatic heterocycles. The van der Waals surface area contributed by atoms with Crippen molar-refractivity contribution in [2.75, 3.05) is 17.2 Å². The lowest BCUT2D eigenvalue weighted by molar-refractivity contribution is -0.150. The number of carboxylic acid groups (broad SMARTS) is 2. The summed E-state index contributed by atoms with van der Waals surface area (Å²) < 4.78 is 27.5. The number of nitrogen functional groups attached to an aromatic ring is 1. The summed E-state index contributed by atoms with van der Waals surface area (Å²) in [6.45, 7) is -3.33. The molecule has 0 bridgehead atoms. The highest BCUT2D eigenvalue weighted by molar-refractivity contribution is 8.02. The lowest BCUT2D eigenvalue weighted by atomic mass is 10.0. The molecule has 0 aromatic carbocycles. The molecule has 1 fully saturated rings.